The van der Waals surface area contributed by atoms with Gasteiger partial charge in [0.1, 0.15) is 0 Å². The summed E-state index contributed by atoms with van der Waals surface area (Å²) < 4.78 is 36.1. The van der Waals surface area contributed by atoms with Crippen LogP contribution < -0.4 is 4.72 Å². The zero-order valence-corrected chi connectivity index (χ0v) is 16.0. The summed E-state index contributed by atoms with van der Waals surface area (Å²) in [6.07, 6.45) is 5.10. The molecule has 8 heteroatoms. The molecule has 0 rings (SSSR count). The summed E-state index contributed by atoms with van der Waals surface area (Å²) in [6, 6.07) is -0.102. The summed E-state index contributed by atoms with van der Waals surface area (Å²) in [5.74, 6) is -0.0717. The number of carbonyl (C=O) groups is 1. The molecule has 0 aromatic carbocycles. The van der Waals surface area contributed by atoms with E-state index in [2.05, 4.69) is 4.72 Å². The summed E-state index contributed by atoms with van der Waals surface area (Å²) in [7, 11) is -0.223. The number of ether oxygens (including phenoxy) is 2. The topological polar surface area (TPSA) is 84.9 Å². The highest BCUT2D eigenvalue weighted by Crippen LogP contribution is 1.98. The van der Waals surface area contributed by atoms with Crippen LogP contribution in [-0.2, 0) is 24.3 Å². The lowest BCUT2D eigenvalue weighted by Crippen LogP contribution is -2.32. The highest BCUT2D eigenvalue weighted by Gasteiger charge is 2.10. The van der Waals surface area contributed by atoms with Gasteiger partial charge in [0, 0.05) is 44.3 Å². The van der Waals surface area contributed by atoms with Crippen LogP contribution >= 0.6 is 0 Å². The molecule has 140 valence electrons. The largest absolute Gasteiger partial charge is 0.381 e. The highest BCUT2D eigenvalue weighted by molar-refractivity contribution is 7.92. The lowest BCUT2D eigenvalue weighted by atomic mass is 10.3. The Morgan fingerprint density at radius 2 is 1.88 bits per heavy atom. The zero-order valence-electron chi connectivity index (χ0n) is 15.2. The van der Waals surface area contributed by atoms with Gasteiger partial charge in [-0.15, -0.1) is 0 Å². The molecule has 0 aliphatic heterocycles. The number of hydrogen-bond donors (Lipinski definition) is 1. The number of nitrogens with one attached hydrogen (secondary N) is 1. The molecular formula is C16H30N2O5S. The maximum absolute atomic E-state index is 11.7. The first-order valence-electron chi connectivity index (χ1n) is 7.88. The molecule has 0 aliphatic carbocycles. The summed E-state index contributed by atoms with van der Waals surface area (Å²) in [5.41, 5.74) is 0. The van der Waals surface area contributed by atoms with Crippen molar-refractivity contribution >= 4 is 15.9 Å². The summed E-state index contributed by atoms with van der Waals surface area (Å²) >= 11 is 0. The molecular weight excluding hydrogens is 332 g/mol. The maximum Gasteiger partial charge on any atom is 0.246 e. The fourth-order valence-electron chi connectivity index (χ4n) is 1.57. The van der Waals surface area contributed by atoms with Crippen molar-refractivity contribution in [2.45, 2.75) is 39.3 Å². The van der Waals surface area contributed by atoms with Crippen molar-refractivity contribution < 1.29 is 22.7 Å². The van der Waals surface area contributed by atoms with E-state index in [1.807, 2.05) is 13.8 Å². The van der Waals surface area contributed by atoms with Gasteiger partial charge in [0.2, 0.25) is 15.9 Å². The molecule has 1 atom stereocenters. The number of carbonyl (C=O) groups excluding carboxylic acids is 1. The van der Waals surface area contributed by atoms with E-state index in [4.69, 9.17) is 9.47 Å². The second-order valence-electron chi connectivity index (χ2n) is 5.70. The van der Waals surface area contributed by atoms with Gasteiger partial charge in [-0.05, 0) is 33.3 Å². The third kappa shape index (κ3) is 11.3. The first-order chi connectivity index (χ1) is 11.2. The Kier molecular flexibility index (Phi) is 11.6. The van der Waals surface area contributed by atoms with Crippen LogP contribution in [0.2, 0.25) is 0 Å². The second kappa shape index (κ2) is 12.2. The van der Waals surface area contributed by atoms with Gasteiger partial charge in [0.05, 0.1) is 13.2 Å². The molecule has 0 saturated carbocycles. The van der Waals surface area contributed by atoms with Crippen LogP contribution in [0.4, 0.5) is 0 Å². The Labute approximate surface area is 145 Å². The number of hydrogen-bond acceptors (Lipinski definition) is 5. The molecule has 1 amide bonds. The van der Waals surface area contributed by atoms with Crippen LogP contribution in [0.15, 0.2) is 23.6 Å². The number of likely N-dealkylation sites (N-methyl/N-ethyl adjacent to an activating group) is 1. The van der Waals surface area contributed by atoms with E-state index in [0.717, 1.165) is 5.41 Å². The van der Waals surface area contributed by atoms with Gasteiger partial charge in [-0.2, -0.15) is 0 Å². The van der Waals surface area contributed by atoms with E-state index in [-0.39, 0.29) is 24.6 Å². The molecule has 0 heterocycles. The van der Waals surface area contributed by atoms with Crippen molar-refractivity contribution in [3.05, 3.63) is 23.6 Å². The van der Waals surface area contributed by atoms with Gasteiger partial charge in [-0.3, -0.25) is 4.79 Å². The SMILES string of the molecule is COC/C=C/S(=O)(=O)NC(C)CCOC/C=C\C(=O)N(C)C(C)C. The Morgan fingerprint density at radius 3 is 2.46 bits per heavy atom. The van der Waals surface area contributed by atoms with Crippen LogP contribution in [0, 0.1) is 0 Å². The normalized spacial score (nSPS) is 13.9. The Bertz CT molecular complexity index is 515. The van der Waals surface area contributed by atoms with Gasteiger partial charge < -0.3 is 14.4 Å². The van der Waals surface area contributed by atoms with Crippen LogP contribution in [-0.4, -0.2) is 65.3 Å². The average molecular weight is 362 g/mol. The Hall–Kier alpha value is -1.22. The second-order valence-corrected chi connectivity index (χ2v) is 7.30. The minimum atomic E-state index is -3.46. The number of sulfonamides is 1. The lowest BCUT2D eigenvalue weighted by Gasteiger charge is -2.19. The van der Waals surface area contributed by atoms with Crippen molar-refractivity contribution in [2.24, 2.45) is 0 Å². The first kappa shape index (κ1) is 22.8. The molecule has 7 nitrogen and oxygen atoms in total. The van der Waals surface area contributed by atoms with E-state index in [1.54, 1.807) is 24.9 Å². The molecule has 24 heavy (non-hydrogen) atoms. The summed E-state index contributed by atoms with van der Waals surface area (Å²) in [4.78, 5) is 13.3. The number of nitrogens with zero attached hydrogens (tertiary/aromatic N) is 1. The van der Waals surface area contributed by atoms with Gasteiger partial charge in [0.25, 0.3) is 0 Å². The molecule has 0 spiro atoms. The highest BCUT2D eigenvalue weighted by atomic mass is 32.2. The fraction of sp³-hybridized carbons (Fsp3) is 0.688. The lowest BCUT2D eigenvalue weighted by molar-refractivity contribution is -0.126. The predicted octanol–water partition coefficient (Wildman–Crippen LogP) is 1.28. The van der Waals surface area contributed by atoms with Crippen molar-refractivity contribution in [1.82, 2.24) is 9.62 Å². The molecule has 0 saturated heterocycles. The van der Waals surface area contributed by atoms with Crippen LogP contribution in [0.3, 0.4) is 0 Å². The van der Waals surface area contributed by atoms with Crippen LogP contribution in [0.1, 0.15) is 27.2 Å². The molecule has 0 radical (unpaired) electrons. The van der Waals surface area contributed by atoms with E-state index in [1.165, 1.54) is 19.3 Å². The molecule has 0 aromatic heterocycles. The van der Waals surface area contributed by atoms with Crippen molar-refractivity contribution in [2.75, 3.05) is 34.0 Å². The standard InChI is InChI=1S/C16H30N2O5S/c1-14(2)18(4)16(19)8-6-11-23-12-9-15(3)17-24(20,21)13-7-10-22-5/h6-8,13-15,17H,9-12H2,1-5H3/b8-6-,13-7+. The minimum absolute atomic E-state index is 0.0717. The molecule has 0 aromatic rings. The van der Waals surface area contributed by atoms with E-state index in [9.17, 15) is 13.2 Å². The van der Waals surface area contributed by atoms with Gasteiger partial charge >= 0.3 is 0 Å². The molecule has 0 fully saturated rings. The quantitative estimate of drug-likeness (QED) is 0.418. The van der Waals surface area contributed by atoms with Crippen molar-refractivity contribution in [3.8, 4) is 0 Å². The van der Waals surface area contributed by atoms with E-state index < -0.39 is 10.0 Å². The fourth-order valence-corrected chi connectivity index (χ4v) is 2.66. The van der Waals surface area contributed by atoms with E-state index >= 15 is 0 Å². The summed E-state index contributed by atoms with van der Waals surface area (Å²) in [6.45, 7) is 6.59. The molecule has 1 unspecified atom stereocenters. The Morgan fingerprint density at radius 1 is 1.21 bits per heavy atom. The average Bonchev–Trinajstić information content (AvgIpc) is 2.49. The Balaban J connectivity index is 3.98. The number of methoxy groups -OCH3 is 1. The zero-order chi connectivity index (χ0) is 18.6. The third-order valence-electron chi connectivity index (χ3n) is 3.20. The van der Waals surface area contributed by atoms with Crippen LogP contribution in [0.5, 0.6) is 0 Å². The van der Waals surface area contributed by atoms with Gasteiger partial charge in [-0.1, -0.05) is 6.08 Å². The maximum atomic E-state index is 11.7. The van der Waals surface area contributed by atoms with Crippen LogP contribution in [0.25, 0.3) is 0 Å². The van der Waals surface area contributed by atoms with Crippen molar-refractivity contribution in [3.63, 3.8) is 0 Å². The molecule has 0 aliphatic rings. The number of rotatable bonds is 12. The monoisotopic (exact) mass is 362 g/mol. The van der Waals surface area contributed by atoms with Gasteiger partial charge in [0.15, 0.2) is 0 Å². The molecule has 1 N–H and O–H groups in total. The number of amides is 1. The van der Waals surface area contributed by atoms with E-state index in [0.29, 0.717) is 19.6 Å². The molecule has 0 bridgehead atoms. The summed E-state index contributed by atoms with van der Waals surface area (Å²) in [5, 5.41) is 1.09. The first-order valence-corrected chi connectivity index (χ1v) is 9.43. The predicted molar refractivity (Wildman–Crippen MR) is 95.0 cm³/mol. The van der Waals surface area contributed by atoms with Crippen molar-refractivity contribution in [1.29, 1.82) is 0 Å². The smallest absolute Gasteiger partial charge is 0.246 e. The minimum Gasteiger partial charge on any atom is -0.381 e. The van der Waals surface area contributed by atoms with Gasteiger partial charge in [-0.25, -0.2) is 13.1 Å². The third-order valence-corrected chi connectivity index (χ3v) is 4.48.